The molecular formula is C9H13N3O3S. The summed E-state index contributed by atoms with van der Waals surface area (Å²) >= 11 is 0.956. The van der Waals surface area contributed by atoms with Crippen molar-refractivity contribution in [2.75, 3.05) is 5.32 Å². The van der Waals surface area contributed by atoms with Crippen molar-refractivity contribution in [3.05, 3.63) is 11.3 Å². The summed E-state index contributed by atoms with van der Waals surface area (Å²) < 4.78 is 3.88. The van der Waals surface area contributed by atoms with Crippen LogP contribution in [0.1, 0.15) is 29.4 Å². The lowest BCUT2D eigenvalue weighted by molar-refractivity contribution is -0.116. The lowest BCUT2D eigenvalue weighted by Gasteiger charge is -2.05. The highest BCUT2D eigenvalue weighted by Gasteiger charge is 2.19. The number of aromatic carboxylic acids is 1. The minimum atomic E-state index is -1.10. The molecule has 4 N–H and O–H groups in total. The first-order chi connectivity index (χ1) is 7.41. The molecule has 1 amide bonds. The molecule has 1 rings (SSSR count). The second-order valence-corrected chi connectivity index (χ2v) is 4.28. The molecule has 1 aromatic rings. The predicted octanol–water partition coefficient (Wildman–Crippen LogP) is 0.826. The first-order valence-electron chi connectivity index (χ1n) is 4.66. The quantitative estimate of drug-likeness (QED) is 0.726. The summed E-state index contributed by atoms with van der Waals surface area (Å²) in [5.41, 5.74) is 5.90. The molecule has 1 unspecified atom stereocenters. The molecule has 0 bridgehead atoms. The maximum absolute atomic E-state index is 11.4. The molecule has 0 saturated carbocycles. The van der Waals surface area contributed by atoms with Crippen molar-refractivity contribution >= 4 is 28.4 Å². The van der Waals surface area contributed by atoms with Crippen LogP contribution in [-0.2, 0) is 4.79 Å². The van der Waals surface area contributed by atoms with E-state index in [9.17, 15) is 9.59 Å². The van der Waals surface area contributed by atoms with Crippen molar-refractivity contribution in [1.29, 1.82) is 0 Å². The topological polar surface area (TPSA) is 105 Å². The molecule has 0 aliphatic carbocycles. The Balaban J connectivity index is 2.82. The van der Waals surface area contributed by atoms with Gasteiger partial charge in [0.1, 0.15) is 10.6 Å². The molecule has 0 fully saturated rings. The fraction of sp³-hybridized carbons (Fsp3) is 0.444. The minimum Gasteiger partial charge on any atom is -0.478 e. The van der Waals surface area contributed by atoms with Gasteiger partial charge in [0.15, 0.2) is 0 Å². The molecule has 88 valence electrons. The third-order valence-corrected chi connectivity index (χ3v) is 2.69. The van der Waals surface area contributed by atoms with E-state index in [1.807, 2.05) is 0 Å². The van der Waals surface area contributed by atoms with E-state index in [0.717, 1.165) is 11.5 Å². The number of carbonyl (C=O) groups excluding carboxylic acids is 1. The SMILES string of the molecule is Cc1nsc(NC(=O)CC(C)N)c1C(=O)O. The number of hydrogen-bond donors (Lipinski definition) is 3. The predicted molar refractivity (Wildman–Crippen MR) is 60.7 cm³/mol. The zero-order valence-corrected chi connectivity index (χ0v) is 9.80. The number of nitrogens with two attached hydrogens (primary N) is 1. The Labute approximate surface area is 96.6 Å². The van der Waals surface area contributed by atoms with Crippen LogP contribution in [0.4, 0.5) is 5.00 Å². The number of carboxylic acid groups (broad SMARTS) is 1. The summed E-state index contributed by atoms with van der Waals surface area (Å²) in [4.78, 5) is 22.3. The fourth-order valence-electron chi connectivity index (χ4n) is 1.18. The van der Waals surface area contributed by atoms with E-state index < -0.39 is 5.97 Å². The third kappa shape index (κ3) is 3.01. The van der Waals surface area contributed by atoms with Crippen molar-refractivity contribution < 1.29 is 14.7 Å². The van der Waals surface area contributed by atoms with Gasteiger partial charge in [0.25, 0.3) is 0 Å². The molecule has 0 saturated heterocycles. The summed E-state index contributed by atoms with van der Waals surface area (Å²) in [5, 5.41) is 11.7. The second-order valence-electron chi connectivity index (χ2n) is 3.51. The maximum Gasteiger partial charge on any atom is 0.340 e. The standard InChI is InChI=1S/C9H13N3O3S/c1-4(10)3-6(13)11-8-7(9(14)15)5(2)12-16-8/h4H,3,10H2,1-2H3,(H,11,13)(H,14,15). The van der Waals surface area contributed by atoms with Gasteiger partial charge in [-0.1, -0.05) is 0 Å². The highest BCUT2D eigenvalue weighted by atomic mass is 32.1. The van der Waals surface area contributed by atoms with Gasteiger partial charge in [0, 0.05) is 12.5 Å². The molecule has 1 aromatic heterocycles. The normalized spacial score (nSPS) is 12.2. The zero-order chi connectivity index (χ0) is 12.3. The van der Waals surface area contributed by atoms with Crippen molar-refractivity contribution in [3.63, 3.8) is 0 Å². The largest absolute Gasteiger partial charge is 0.478 e. The monoisotopic (exact) mass is 243 g/mol. The van der Waals surface area contributed by atoms with Crippen LogP contribution in [0.15, 0.2) is 0 Å². The Kier molecular flexibility index (Phi) is 3.97. The Hall–Kier alpha value is -1.47. The molecule has 0 aromatic carbocycles. The number of hydrogen-bond acceptors (Lipinski definition) is 5. The van der Waals surface area contributed by atoms with E-state index in [1.165, 1.54) is 0 Å². The summed E-state index contributed by atoms with van der Waals surface area (Å²) in [7, 11) is 0. The number of aryl methyl sites for hydroxylation is 1. The van der Waals surface area contributed by atoms with E-state index in [2.05, 4.69) is 9.69 Å². The molecule has 0 spiro atoms. The number of nitrogens with one attached hydrogen (secondary N) is 1. The molecule has 0 aliphatic rings. The highest BCUT2D eigenvalue weighted by Crippen LogP contribution is 2.24. The number of aromatic nitrogens is 1. The van der Waals surface area contributed by atoms with Crippen LogP contribution in [0, 0.1) is 6.92 Å². The summed E-state index contributed by atoms with van der Waals surface area (Å²) in [6.07, 6.45) is 0.149. The average molecular weight is 243 g/mol. The van der Waals surface area contributed by atoms with E-state index in [4.69, 9.17) is 10.8 Å². The smallest absolute Gasteiger partial charge is 0.340 e. The van der Waals surface area contributed by atoms with Gasteiger partial charge in [-0.05, 0) is 25.4 Å². The number of nitrogens with zero attached hydrogens (tertiary/aromatic N) is 1. The number of carbonyl (C=O) groups is 2. The molecule has 7 heteroatoms. The van der Waals surface area contributed by atoms with Gasteiger partial charge in [0.2, 0.25) is 5.91 Å². The van der Waals surface area contributed by atoms with Crippen LogP contribution in [0.2, 0.25) is 0 Å². The van der Waals surface area contributed by atoms with Crippen LogP contribution < -0.4 is 11.1 Å². The fourth-order valence-corrected chi connectivity index (χ4v) is 1.98. The number of carboxylic acids is 1. The highest BCUT2D eigenvalue weighted by molar-refractivity contribution is 7.11. The first-order valence-corrected chi connectivity index (χ1v) is 5.44. The van der Waals surface area contributed by atoms with E-state index in [-0.39, 0.29) is 28.9 Å². The lowest BCUT2D eigenvalue weighted by atomic mass is 10.2. The van der Waals surface area contributed by atoms with Gasteiger partial charge in [0.05, 0.1) is 5.69 Å². The van der Waals surface area contributed by atoms with Crippen LogP contribution in [0.3, 0.4) is 0 Å². The van der Waals surface area contributed by atoms with Gasteiger partial charge in [-0.3, -0.25) is 4.79 Å². The number of amides is 1. The third-order valence-electron chi connectivity index (χ3n) is 1.84. The van der Waals surface area contributed by atoms with Gasteiger partial charge < -0.3 is 16.2 Å². The Bertz CT molecular complexity index is 414. The second kappa shape index (κ2) is 5.04. The van der Waals surface area contributed by atoms with Gasteiger partial charge >= 0.3 is 5.97 Å². The zero-order valence-electron chi connectivity index (χ0n) is 8.98. The number of rotatable bonds is 4. The van der Waals surface area contributed by atoms with Crippen LogP contribution >= 0.6 is 11.5 Å². The molecule has 1 atom stereocenters. The van der Waals surface area contributed by atoms with Crippen molar-refractivity contribution in [3.8, 4) is 0 Å². The molecular weight excluding hydrogens is 230 g/mol. The summed E-state index contributed by atoms with van der Waals surface area (Å²) in [6, 6.07) is -0.262. The van der Waals surface area contributed by atoms with Gasteiger partial charge in [-0.25, -0.2) is 4.79 Å². The Morgan fingerprint density at radius 3 is 2.75 bits per heavy atom. The van der Waals surface area contributed by atoms with Crippen molar-refractivity contribution in [2.45, 2.75) is 26.3 Å². The number of anilines is 1. The summed E-state index contributed by atoms with van der Waals surface area (Å²) in [6.45, 7) is 3.29. The maximum atomic E-state index is 11.4. The lowest BCUT2D eigenvalue weighted by Crippen LogP contribution is -2.24. The Morgan fingerprint density at radius 1 is 1.62 bits per heavy atom. The molecule has 6 nitrogen and oxygen atoms in total. The van der Waals surface area contributed by atoms with Crippen LogP contribution in [-0.4, -0.2) is 27.4 Å². The minimum absolute atomic E-state index is 0.0445. The van der Waals surface area contributed by atoms with Crippen molar-refractivity contribution in [1.82, 2.24) is 4.37 Å². The van der Waals surface area contributed by atoms with Crippen LogP contribution in [0.25, 0.3) is 0 Å². The van der Waals surface area contributed by atoms with E-state index in [0.29, 0.717) is 5.69 Å². The molecule has 0 radical (unpaired) electrons. The first kappa shape index (κ1) is 12.6. The average Bonchev–Trinajstić information content (AvgIpc) is 2.45. The summed E-state index contributed by atoms with van der Waals surface area (Å²) in [5.74, 6) is -1.40. The Morgan fingerprint density at radius 2 is 2.25 bits per heavy atom. The van der Waals surface area contributed by atoms with Gasteiger partial charge in [-0.15, -0.1) is 0 Å². The molecule has 1 heterocycles. The molecule has 16 heavy (non-hydrogen) atoms. The van der Waals surface area contributed by atoms with E-state index >= 15 is 0 Å². The van der Waals surface area contributed by atoms with Crippen LogP contribution in [0.5, 0.6) is 0 Å². The molecule has 0 aliphatic heterocycles. The van der Waals surface area contributed by atoms with E-state index in [1.54, 1.807) is 13.8 Å². The van der Waals surface area contributed by atoms with Crippen molar-refractivity contribution in [2.24, 2.45) is 5.73 Å². The van der Waals surface area contributed by atoms with Gasteiger partial charge in [-0.2, -0.15) is 4.37 Å².